The lowest BCUT2D eigenvalue weighted by molar-refractivity contribution is -0.110. The molecule has 0 saturated heterocycles. The van der Waals surface area contributed by atoms with E-state index in [0.717, 1.165) is 19.5 Å². The van der Waals surface area contributed by atoms with Crippen molar-refractivity contribution in [2.45, 2.75) is 12.8 Å². The number of nitrogens with zero attached hydrogens (tertiary/aromatic N) is 1. The molecule has 0 N–H and O–H groups in total. The molecule has 14 heavy (non-hydrogen) atoms. The van der Waals surface area contributed by atoms with Crippen molar-refractivity contribution in [3.8, 4) is 0 Å². The number of rotatable bonds is 3. The fourth-order valence-corrected chi connectivity index (χ4v) is 1.97. The monoisotopic (exact) mass is 207 g/mol. The molecule has 1 aromatic carbocycles. The van der Waals surface area contributed by atoms with Crippen LogP contribution in [0.25, 0.3) is 0 Å². The Morgan fingerprint density at radius 1 is 1.43 bits per heavy atom. The Morgan fingerprint density at radius 2 is 2.21 bits per heavy atom. The summed E-state index contributed by atoms with van der Waals surface area (Å²) in [5.41, 5.74) is 2.67. The second-order valence-electron chi connectivity index (χ2n) is 3.51. The van der Waals surface area contributed by atoms with E-state index in [2.05, 4.69) is 35.7 Å². The lowest BCUT2D eigenvalue weighted by atomic mass is 10.2. The molecule has 0 bridgehead atoms. The summed E-state index contributed by atoms with van der Waals surface area (Å²) in [5.74, 6) is 0. The van der Waals surface area contributed by atoms with Crippen LogP contribution in [0.5, 0.6) is 0 Å². The maximum Gasteiger partial charge on any atom is 0.187 e. The summed E-state index contributed by atoms with van der Waals surface area (Å²) in [6.07, 6.45) is 1.62. The van der Waals surface area contributed by atoms with Crippen LogP contribution in [0.1, 0.15) is 12.0 Å². The van der Waals surface area contributed by atoms with Gasteiger partial charge in [0, 0.05) is 25.2 Å². The summed E-state index contributed by atoms with van der Waals surface area (Å²) in [5, 5.41) is -0.0330. The van der Waals surface area contributed by atoms with Crippen LogP contribution < -0.4 is 4.90 Å². The van der Waals surface area contributed by atoms with E-state index >= 15 is 0 Å². The molecular formula is C11H13NOS. The Hall–Kier alpha value is -0.960. The minimum atomic E-state index is -0.0330. The van der Waals surface area contributed by atoms with Gasteiger partial charge >= 0.3 is 0 Å². The quantitative estimate of drug-likeness (QED) is 0.764. The highest BCUT2D eigenvalue weighted by molar-refractivity contribution is 7.96. The maximum absolute atomic E-state index is 10.7. The zero-order valence-electron chi connectivity index (χ0n) is 7.94. The van der Waals surface area contributed by atoms with Gasteiger partial charge < -0.3 is 4.90 Å². The molecule has 1 aliphatic heterocycles. The molecule has 0 unspecified atom stereocenters. The number of fused-ring (bicyclic) bond motifs is 1. The number of carbonyl (C=O) groups is 1. The van der Waals surface area contributed by atoms with Crippen molar-refractivity contribution in [2.75, 3.05) is 18.0 Å². The minimum absolute atomic E-state index is 0.0330. The number of carbonyl (C=O) groups excluding carboxylic acids is 1. The van der Waals surface area contributed by atoms with E-state index in [1.54, 1.807) is 0 Å². The second-order valence-corrected chi connectivity index (χ2v) is 4.01. The van der Waals surface area contributed by atoms with Gasteiger partial charge in [0.15, 0.2) is 5.12 Å². The maximum atomic E-state index is 10.7. The molecule has 0 spiro atoms. The molecule has 0 aromatic heterocycles. The molecule has 0 saturated carbocycles. The summed E-state index contributed by atoms with van der Waals surface area (Å²) in [4.78, 5) is 13.0. The van der Waals surface area contributed by atoms with Crippen molar-refractivity contribution in [2.24, 2.45) is 0 Å². The Balaban J connectivity index is 2.07. The van der Waals surface area contributed by atoms with Gasteiger partial charge in [0.05, 0.1) is 0 Å². The molecule has 1 aromatic rings. The molecule has 2 rings (SSSR count). The topological polar surface area (TPSA) is 20.3 Å². The van der Waals surface area contributed by atoms with Crippen LogP contribution in [-0.4, -0.2) is 18.2 Å². The van der Waals surface area contributed by atoms with Crippen molar-refractivity contribution < 1.29 is 4.79 Å². The van der Waals surface area contributed by atoms with Crippen LogP contribution in [0.15, 0.2) is 24.3 Å². The van der Waals surface area contributed by atoms with Gasteiger partial charge in [0.1, 0.15) is 0 Å². The van der Waals surface area contributed by atoms with E-state index in [-0.39, 0.29) is 5.12 Å². The van der Waals surface area contributed by atoms with Gasteiger partial charge in [-0.05, 0) is 18.1 Å². The van der Waals surface area contributed by atoms with Crippen LogP contribution in [0, 0.1) is 0 Å². The zero-order valence-corrected chi connectivity index (χ0v) is 8.83. The molecule has 74 valence electrons. The van der Waals surface area contributed by atoms with Crippen LogP contribution >= 0.6 is 12.6 Å². The summed E-state index contributed by atoms with van der Waals surface area (Å²) < 4.78 is 0. The van der Waals surface area contributed by atoms with Crippen LogP contribution in [0.3, 0.4) is 0 Å². The summed E-state index contributed by atoms with van der Waals surface area (Å²) in [7, 11) is 0. The Kier molecular flexibility index (Phi) is 2.77. The van der Waals surface area contributed by atoms with Gasteiger partial charge in [-0.2, -0.15) is 0 Å². The smallest absolute Gasteiger partial charge is 0.187 e. The molecule has 1 heterocycles. The van der Waals surface area contributed by atoms with E-state index in [9.17, 15) is 4.79 Å². The molecule has 0 atom stereocenters. The number of hydrogen-bond acceptors (Lipinski definition) is 2. The Bertz CT molecular complexity index is 351. The van der Waals surface area contributed by atoms with E-state index in [0.29, 0.717) is 6.42 Å². The molecule has 0 fully saturated rings. The Morgan fingerprint density at radius 3 is 3.00 bits per heavy atom. The van der Waals surface area contributed by atoms with E-state index in [1.807, 2.05) is 6.07 Å². The summed E-state index contributed by atoms with van der Waals surface area (Å²) in [6, 6.07) is 8.37. The van der Waals surface area contributed by atoms with Gasteiger partial charge in [0.25, 0.3) is 0 Å². The van der Waals surface area contributed by atoms with Gasteiger partial charge in [-0.25, -0.2) is 0 Å². The van der Waals surface area contributed by atoms with Gasteiger partial charge in [-0.1, -0.05) is 18.2 Å². The van der Waals surface area contributed by atoms with Crippen molar-refractivity contribution in [1.29, 1.82) is 0 Å². The number of hydrogen-bond donors (Lipinski definition) is 1. The van der Waals surface area contributed by atoms with Gasteiger partial charge in [-0.3, -0.25) is 4.79 Å². The van der Waals surface area contributed by atoms with E-state index in [1.165, 1.54) is 11.3 Å². The van der Waals surface area contributed by atoms with Crippen LogP contribution in [-0.2, 0) is 11.2 Å². The molecular weight excluding hydrogens is 194 g/mol. The molecule has 0 amide bonds. The average molecular weight is 207 g/mol. The van der Waals surface area contributed by atoms with Gasteiger partial charge in [0.2, 0.25) is 0 Å². The lowest BCUT2D eigenvalue weighted by Gasteiger charge is -2.17. The first kappa shape index (κ1) is 9.59. The third kappa shape index (κ3) is 1.93. The lowest BCUT2D eigenvalue weighted by Crippen LogP contribution is -2.22. The highest BCUT2D eigenvalue weighted by atomic mass is 32.1. The predicted molar refractivity (Wildman–Crippen MR) is 61.0 cm³/mol. The largest absolute Gasteiger partial charge is 0.371 e. The summed E-state index contributed by atoms with van der Waals surface area (Å²) in [6.45, 7) is 1.82. The molecule has 2 nitrogen and oxygen atoms in total. The van der Waals surface area contributed by atoms with E-state index < -0.39 is 0 Å². The number of thiol groups is 1. The van der Waals surface area contributed by atoms with Crippen molar-refractivity contribution in [3.05, 3.63) is 29.8 Å². The minimum Gasteiger partial charge on any atom is -0.371 e. The first-order valence-corrected chi connectivity index (χ1v) is 5.27. The third-order valence-electron chi connectivity index (χ3n) is 2.58. The van der Waals surface area contributed by atoms with Gasteiger partial charge in [-0.15, -0.1) is 12.6 Å². The highest BCUT2D eigenvalue weighted by Gasteiger charge is 2.17. The highest BCUT2D eigenvalue weighted by Crippen LogP contribution is 2.27. The predicted octanol–water partition coefficient (Wildman–Crippen LogP) is 1.90. The van der Waals surface area contributed by atoms with E-state index in [4.69, 9.17) is 0 Å². The zero-order chi connectivity index (χ0) is 9.97. The standard InChI is InChI=1S/C11H13NOS/c13-11(14)6-8-12-7-5-9-3-1-2-4-10(9)12/h1-4H,5-8H2,(H,13,14). The number of anilines is 1. The fraction of sp³-hybridized carbons (Fsp3) is 0.364. The number of benzene rings is 1. The van der Waals surface area contributed by atoms with Crippen molar-refractivity contribution in [1.82, 2.24) is 0 Å². The van der Waals surface area contributed by atoms with Crippen LogP contribution in [0.2, 0.25) is 0 Å². The summed E-state index contributed by atoms with van der Waals surface area (Å²) >= 11 is 3.78. The molecule has 0 aliphatic carbocycles. The fourth-order valence-electron chi connectivity index (χ4n) is 1.87. The first-order chi connectivity index (χ1) is 6.77. The normalized spacial score (nSPS) is 14.2. The first-order valence-electron chi connectivity index (χ1n) is 4.82. The Labute approximate surface area is 89.3 Å². The second kappa shape index (κ2) is 4.05. The molecule has 3 heteroatoms. The molecule has 1 aliphatic rings. The third-order valence-corrected chi connectivity index (χ3v) is 2.80. The average Bonchev–Trinajstić information content (AvgIpc) is 2.58. The van der Waals surface area contributed by atoms with Crippen LogP contribution in [0.4, 0.5) is 5.69 Å². The van der Waals surface area contributed by atoms with Crippen molar-refractivity contribution >= 4 is 23.4 Å². The molecule has 0 radical (unpaired) electrons. The van der Waals surface area contributed by atoms with Crippen molar-refractivity contribution in [3.63, 3.8) is 0 Å². The number of para-hydroxylation sites is 1. The SMILES string of the molecule is O=C(S)CCN1CCc2ccccc21.